The first-order chi connectivity index (χ1) is 15.8. The van der Waals surface area contributed by atoms with Crippen LogP contribution in [0.5, 0.6) is 0 Å². The average molecular weight is 451 g/mol. The van der Waals surface area contributed by atoms with E-state index in [4.69, 9.17) is 4.74 Å². The molecule has 0 saturated carbocycles. The second-order valence-corrected chi connectivity index (χ2v) is 9.74. The topological polar surface area (TPSA) is 26.3 Å². The van der Waals surface area contributed by atoms with E-state index in [-0.39, 0.29) is 5.97 Å². The fourth-order valence-corrected chi connectivity index (χ4v) is 4.19. The molecule has 0 radical (unpaired) electrons. The Morgan fingerprint density at radius 1 is 0.500 bits per heavy atom. The predicted octanol–water partition coefficient (Wildman–Crippen LogP) is 10.5. The average Bonchev–Trinajstić information content (AvgIpc) is 2.80. The maximum absolute atomic E-state index is 11.8. The molecule has 0 aliphatic carbocycles. The van der Waals surface area contributed by atoms with Gasteiger partial charge in [-0.2, -0.15) is 0 Å². The Kier molecular flexibility index (Phi) is 27.5. The molecule has 0 aromatic heterocycles. The molecular formula is C30H58O2. The van der Waals surface area contributed by atoms with Crippen LogP contribution in [0.2, 0.25) is 0 Å². The summed E-state index contributed by atoms with van der Waals surface area (Å²) in [7, 11) is 0. The molecule has 0 rings (SSSR count). The summed E-state index contributed by atoms with van der Waals surface area (Å²) in [6, 6.07) is 0. The van der Waals surface area contributed by atoms with Crippen molar-refractivity contribution in [3.8, 4) is 0 Å². The Morgan fingerprint density at radius 2 is 0.875 bits per heavy atom. The van der Waals surface area contributed by atoms with Crippen molar-refractivity contribution in [2.45, 2.75) is 168 Å². The molecule has 0 aromatic carbocycles. The van der Waals surface area contributed by atoms with Crippen LogP contribution in [0.1, 0.15) is 168 Å². The van der Waals surface area contributed by atoms with E-state index in [9.17, 15) is 4.79 Å². The van der Waals surface area contributed by atoms with Crippen molar-refractivity contribution in [2.75, 3.05) is 6.61 Å². The van der Waals surface area contributed by atoms with Gasteiger partial charge in [0.2, 0.25) is 0 Å². The Morgan fingerprint density at radius 3 is 1.38 bits per heavy atom. The number of hydrogen-bond donors (Lipinski definition) is 0. The third-order valence-corrected chi connectivity index (χ3v) is 6.40. The molecule has 2 nitrogen and oxygen atoms in total. The SMILES string of the molecule is CCCCCCC=CCCCCCCCCOC(=O)CCCCCCCCCCCCC. The fraction of sp³-hybridized carbons (Fsp3) is 0.900. The number of rotatable bonds is 26. The van der Waals surface area contributed by atoms with E-state index in [0.717, 1.165) is 12.8 Å². The van der Waals surface area contributed by atoms with Crippen molar-refractivity contribution < 1.29 is 9.53 Å². The highest BCUT2D eigenvalue weighted by atomic mass is 16.5. The Labute approximate surface area is 202 Å². The van der Waals surface area contributed by atoms with Crippen molar-refractivity contribution >= 4 is 5.97 Å². The quantitative estimate of drug-likeness (QED) is 0.0744. The summed E-state index contributed by atoms with van der Waals surface area (Å²) in [4.78, 5) is 11.8. The number of carbonyl (C=O) groups excluding carboxylic acids is 1. The van der Waals surface area contributed by atoms with E-state index < -0.39 is 0 Å². The maximum atomic E-state index is 11.8. The van der Waals surface area contributed by atoms with Gasteiger partial charge in [-0.3, -0.25) is 4.79 Å². The number of esters is 1. The first kappa shape index (κ1) is 31.2. The Hall–Kier alpha value is -0.790. The molecule has 0 N–H and O–H groups in total. The molecule has 0 unspecified atom stereocenters. The minimum absolute atomic E-state index is 0.0161. The lowest BCUT2D eigenvalue weighted by Crippen LogP contribution is -2.05. The molecule has 0 atom stereocenters. The van der Waals surface area contributed by atoms with Crippen LogP contribution in [0.25, 0.3) is 0 Å². The Balaban J connectivity index is 3.18. The van der Waals surface area contributed by atoms with E-state index in [2.05, 4.69) is 26.0 Å². The zero-order valence-electron chi connectivity index (χ0n) is 22.1. The number of hydrogen-bond acceptors (Lipinski definition) is 2. The standard InChI is InChI=1S/C30H58O2/c1-3-5-7-9-11-13-15-16-17-19-21-23-25-27-29-32-30(31)28-26-24-22-20-18-14-12-10-8-6-4-2/h13,15H,3-12,14,16-29H2,1-2H3. The summed E-state index contributed by atoms with van der Waals surface area (Å²) in [5.41, 5.74) is 0. The van der Waals surface area contributed by atoms with E-state index in [1.54, 1.807) is 0 Å². The van der Waals surface area contributed by atoms with Crippen molar-refractivity contribution in [1.82, 2.24) is 0 Å². The first-order valence-electron chi connectivity index (χ1n) is 14.6. The van der Waals surface area contributed by atoms with Gasteiger partial charge in [-0.25, -0.2) is 0 Å². The van der Waals surface area contributed by atoms with Crippen molar-refractivity contribution in [3.05, 3.63) is 12.2 Å². The predicted molar refractivity (Wildman–Crippen MR) is 142 cm³/mol. The highest BCUT2D eigenvalue weighted by Gasteiger charge is 2.02. The fourth-order valence-electron chi connectivity index (χ4n) is 4.19. The molecule has 0 saturated heterocycles. The highest BCUT2D eigenvalue weighted by Crippen LogP contribution is 2.13. The third-order valence-electron chi connectivity index (χ3n) is 6.40. The lowest BCUT2D eigenvalue weighted by Gasteiger charge is -2.05. The van der Waals surface area contributed by atoms with Gasteiger partial charge in [0.05, 0.1) is 6.61 Å². The molecule has 0 aliphatic rings. The van der Waals surface area contributed by atoms with Crippen LogP contribution in [-0.4, -0.2) is 12.6 Å². The summed E-state index contributed by atoms with van der Waals surface area (Å²) in [5, 5.41) is 0. The molecule has 0 fully saturated rings. The van der Waals surface area contributed by atoms with Crippen LogP contribution >= 0.6 is 0 Å². The zero-order valence-corrected chi connectivity index (χ0v) is 22.1. The summed E-state index contributed by atoms with van der Waals surface area (Å²) < 4.78 is 5.39. The highest BCUT2D eigenvalue weighted by molar-refractivity contribution is 5.69. The Bertz CT molecular complexity index is 388. The second kappa shape index (κ2) is 28.2. The van der Waals surface area contributed by atoms with Gasteiger partial charge in [-0.1, -0.05) is 135 Å². The number of ether oxygens (including phenoxy) is 1. The van der Waals surface area contributed by atoms with Gasteiger partial charge in [0, 0.05) is 6.42 Å². The number of allylic oxidation sites excluding steroid dienone is 2. The molecule has 190 valence electrons. The molecule has 2 heteroatoms. The lowest BCUT2D eigenvalue weighted by atomic mass is 10.1. The normalized spacial score (nSPS) is 11.4. The third kappa shape index (κ3) is 27.2. The zero-order chi connectivity index (χ0) is 23.4. The summed E-state index contributed by atoms with van der Waals surface area (Å²) in [5.74, 6) is 0.0161. The first-order valence-corrected chi connectivity index (χ1v) is 14.6. The van der Waals surface area contributed by atoms with Gasteiger partial charge in [-0.15, -0.1) is 0 Å². The van der Waals surface area contributed by atoms with Crippen LogP contribution < -0.4 is 0 Å². The number of carbonyl (C=O) groups is 1. The summed E-state index contributed by atoms with van der Waals surface area (Å²) in [6.45, 7) is 5.16. The van der Waals surface area contributed by atoms with Gasteiger partial charge < -0.3 is 4.74 Å². The van der Waals surface area contributed by atoms with Crippen LogP contribution in [0.4, 0.5) is 0 Å². The van der Waals surface area contributed by atoms with Gasteiger partial charge in [0.1, 0.15) is 0 Å². The number of unbranched alkanes of at least 4 members (excludes halogenated alkanes) is 20. The monoisotopic (exact) mass is 450 g/mol. The van der Waals surface area contributed by atoms with E-state index in [1.165, 1.54) is 135 Å². The van der Waals surface area contributed by atoms with Crippen LogP contribution in [0, 0.1) is 0 Å². The van der Waals surface area contributed by atoms with Gasteiger partial charge in [0.25, 0.3) is 0 Å². The minimum atomic E-state index is 0.0161. The smallest absolute Gasteiger partial charge is 0.305 e. The van der Waals surface area contributed by atoms with Crippen molar-refractivity contribution in [2.24, 2.45) is 0 Å². The molecule has 0 aromatic rings. The molecular weight excluding hydrogens is 392 g/mol. The molecule has 0 aliphatic heterocycles. The van der Waals surface area contributed by atoms with Gasteiger partial charge >= 0.3 is 5.97 Å². The molecule has 32 heavy (non-hydrogen) atoms. The van der Waals surface area contributed by atoms with Crippen molar-refractivity contribution in [1.29, 1.82) is 0 Å². The van der Waals surface area contributed by atoms with Crippen LogP contribution in [0.15, 0.2) is 12.2 Å². The molecule has 0 bridgehead atoms. The van der Waals surface area contributed by atoms with Gasteiger partial charge in [0.15, 0.2) is 0 Å². The second-order valence-electron chi connectivity index (χ2n) is 9.74. The van der Waals surface area contributed by atoms with Gasteiger partial charge in [-0.05, 0) is 38.5 Å². The van der Waals surface area contributed by atoms with Crippen LogP contribution in [-0.2, 0) is 9.53 Å². The molecule has 0 spiro atoms. The van der Waals surface area contributed by atoms with E-state index in [1.807, 2.05) is 0 Å². The summed E-state index contributed by atoms with van der Waals surface area (Å²) >= 11 is 0. The summed E-state index contributed by atoms with van der Waals surface area (Å²) in [6.07, 6.45) is 35.3. The van der Waals surface area contributed by atoms with E-state index in [0.29, 0.717) is 13.0 Å². The minimum Gasteiger partial charge on any atom is -0.466 e. The molecule has 0 amide bonds. The van der Waals surface area contributed by atoms with E-state index >= 15 is 0 Å². The largest absolute Gasteiger partial charge is 0.466 e. The lowest BCUT2D eigenvalue weighted by molar-refractivity contribution is -0.143. The van der Waals surface area contributed by atoms with Crippen molar-refractivity contribution in [3.63, 3.8) is 0 Å². The maximum Gasteiger partial charge on any atom is 0.305 e. The molecule has 0 heterocycles. The van der Waals surface area contributed by atoms with Crippen LogP contribution in [0.3, 0.4) is 0 Å².